The molecule has 166 valence electrons. The third-order valence-electron chi connectivity index (χ3n) is 6.58. The van der Waals surface area contributed by atoms with Gasteiger partial charge in [0, 0.05) is 55.9 Å². The van der Waals surface area contributed by atoms with E-state index in [1.807, 2.05) is 24.0 Å². The van der Waals surface area contributed by atoms with E-state index in [2.05, 4.69) is 14.9 Å². The molecule has 0 spiro atoms. The van der Waals surface area contributed by atoms with Crippen LogP contribution >= 0.6 is 0 Å². The maximum absolute atomic E-state index is 12.7. The molecule has 0 unspecified atom stereocenters. The summed E-state index contributed by atoms with van der Waals surface area (Å²) in [6.07, 6.45) is 9.23. The number of amides is 1. The van der Waals surface area contributed by atoms with E-state index >= 15 is 0 Å². The number of nitrogens with zero attached hydrogens (tertiary/aromatic N) is 5. The van der Waals surface area contributed by atoms with Crippen LogP contribution in [0.3, 0.4) is 0 Å². The monoisotopic (exact) mass is 425 g/mol. The van der Waals surface area contributed by atoms with Gasteiger partial charge in [0.1, 0.15) is 18.4 Å². The molecule has 2 aliphatic rings. The number of aryl methyl sites for hydroxylation is 1. The molecule has 2 fully saturated rings. The zero-order chi connectivity index (χ0) is 21.8. The molecular formula is C23H31N5O3. The first kappa shape index (κ1) is 21.5. The van der Waals surface area contributed by atoms with E-state index in [4.69, 9.17) is 4.74 Å². The average molecular weight is 426 g/mol. The van der Waals surface area contributed by atoms with Gasteiger partial charge in [-0.2, -0.15) is 0 Å². The van der Waals surface area contributed by atoms with Crippen molar-refractivity contribution in [1.82, 2.24) is 24.3 Å². The van der Waals surface area contributed by atoms with Crippen LogP contribution in [0.1, 0.15) is 36.9 Å². The lowest BCUT2D eigenvalue weighted by Gasteiger charge is -2.41. The minimum atomic E-state index is -0.132. The molecule has 2 aromatic rings. The van der Waals surface area contributed by atoms with Gasteiger partial charge in [-0.25, -0.2) is 4.98 Å². The molecule has 0 aromatic carbocycles. The molecule has 8 nitrogen and oxygen atoms in total. The molecule has 0 radical (unpaired) electrons. The summed E-state index contributed by atoms with van der Waals surface area (Å²) in [5.74, 6) is 0.883. The number of hydrogen-bond donors (Lipinski definition) is 0. The van der Waals surface area contributed by atoms with Crippen LogP contribution in [-0.2, 0) is 11.3 Å². The number of hydrogen-bond acceptors (Lipinski definition) is 6. The maximum atomic E-state index is 12.7. The summed E-state index contributed by atoms with van der Waals surface area (Å²) in [5, 5.41) is 0. The number of carbonyl (C=O) groups is 1. The van der Waals surface area contributed by atoms with Crippen molar-refractivity contribution in [2.45, 2.75) is 58.2 Å². The van der Waals surface area contributed by atoms with Crippen LogP contribution < -0.4 is 10.3 Å². The predicted octanol–water partition coefficient (Wildman–Crippen LogP) is 1.79. The van der Waals surface area contributed by atoms with Crippen molar-refractivity contribution in [3.8, 4) is 5.75 Å². The lowest BCUT2D eigenvalue weighted by Crippen LogP contribution is -2.50. The average Bonchev–Trinajstić information content (AvgIpc) is 2.81. The number of pyridine rings is 1. The number of likely N-dealkylation sites (tertiary alicyclic amines) is 2. The van der Waals surface area contributed by atoms with E-state index in [1.165, 1.54) is 10.9 Å². The summed E-state index contributed by atoms with van der Waals surface area (Å²) < 4.78 is 7.49. The molecule has 0 atom stereocenters. The van der Waals surface area contributed by atoms with E-state index < -0.39 is 0 Å². The molecule has 2 saturated heterocycles. The summed E-state index contributed by atoms with van der Waals surface area (Å²) >= 11 is 0. The summed E-state index contributed by atoms with van der Waals surface area (Å²) in [6.45, 7) is 7.16. The Hall–Kier alpha value is -2.74. The Morgan fingerprint density at radius 1 is 1.06 bits per heavy atom. The Morgan fingerprint density at radius 2 is 1.74 bits per heavy atom. The van der Waals surface area contributed by atoms with Crippen LogP contribution in [0.5, 0.6) is 5.75 Å². The molecule has 0 aliphatic carbocycles. The van der Waals surface area contributed by atoms with Crippen molar-refractivity contribution in [2.75, 3.05) is 26.2 Å². The number of carbonyl (C=O) groups excluding carboxylic acids is 1. The minimum Gasteiger partial charge on any atom is -0.490 e. The molecule has 0 N–H and O–H groups in total. The van der Waals surface area contributed by atoms with Crippen LogP contribution in [-0.4, -0.2) is 68.6 Å². The highest BCUT2D eigenvalue weighted by molar-refractivity contribution is 5.76. The number of aromatic nitrogens is 3. The molecule has 4 rings (SSSR count). The van der Waals surface area contributed by atoms with Gasteiger partial charge in [-0.15, -0.1) is 0 Å². The molecule has 8 heteroatoms. The molecule has 2 aromatic heterocycles. The third-order valence-corrected chi connectivity index (χ3v) is 6.58. The summed E-state index contributed by atoms with van der Waals surface area (Å²) in [5.41, 5.74) is 1.18. The highest BCUT2D eigenvalue weighted by Gasteiger charge is 2.30. The molecular weight excluding hydrogens is 394 g/mol. The Morgan fingerprint density at radius 3 is 2.42 bits per heavy atom. The van der Waals surface area contributed by atoms with Crippen molar-refractivity contribution < 1.29 is 9.53 Å². The minimum absolute atomic E-state index is 0.00457. The first-order valence-electron chi connectivity index (χ1n) is 11.1. The van der Waals surface area contributed by atoms with Crippen LogP contribution in [0.4, 0.5) is 0 Å². The molecule has 0 saturated carbocycles. The van der Waals surface area contributed by atoms with Crippen molar-refractivity contribution in [1.29, 1.82) is 0 Å². The Labute approximate surface area is 182 Å². The van der Waals surface area contributed by atoms with Crippen LogP contribution in [0.25, 0.3) is 0 Å². The van der Waals surface area contributed by atoms with Gasteiger partial charge >= 0.3 is 0 Å². The van der Waals surface area contributed by atoms with Crippen molar-refractivity contribution in [3.63, 3.8) is 0 Å². The van der Waals surface area contributed by atoms with E-state index in [0.717, 1.165) is 57.6 Å². The number of piperidine rings is 2. The SMILES string of the molecule is Cc1ncn(CC(=O)N2CCC(N3CCC(Oc4ccncc4)CC3)CC2)c(=O)c1C. The van der Waals surface area contributed by atoms with Crippen molar-refractivity contribution in [2.24, 2.45) is 0 Å². The molecule has 1 amide bonds. The third kappa shape index (κ3) is 5.12. The van der Waals surface area contributed by atoms with E-state index in [0.29, 0.717) is 17.3 Å². The largest absolute Gasteiger partial charge is 0.490 e. The lowest BCUT2D eigenvalue weighted by molar-refractivity contribution is -0.133. The van der Waals surface area contributed by atoms with Gasteiger partial charge in [0.05, 0.1) is 6.33 Å². The first-order valence-corrected chi connectivity index (χ1v) is 11.1. The number of rotatable bonds is 5. The van der Waals surface area contributed by atoms with Gasteiger partial charge in [0.2, 0.25) is 5.91 Å². The molecule has 4 heterocycles. The highest BCUT2D eigenvalue weighted by Crippen LogP contribution is 2.23. The fourth-order valence-electron chi connectivity index (χ4n) is 4.48. The molecule has 0 bridgehead atoms. The lowest BCUT2D eigenvalue weighted by atomic mass is 9.98. The Kier molecular flexibility index (Phi) is 6.65. The van der Waals surface area contributed by atoms with Gasteiger partial charge in [0.25, 0.3) is 5.56 Å². The fraction of sp³-hybridized carbons (Fsp3) is 0.565. The van der Waals surface area contributed by atoms with E-state index in [9.17, 15) is 9.59 Å². The predicted molar refractivity (Wildman–Crippen MR) is 117 cm³/mol. The Balaban J connectivity index is 1.23. The van der Waals surface area contributed by atoms with Gasteiger partial charge in [-0.1, -0.05) is 0 Å². The number of ether oxygens (including phenoxy) is 1. The van der Waals surface area contributed by atoms with E-state index in [-0.39, 0.29) is 24.1 Å². The van der Waals surface area contributed by atoms with Crippen LogP contribution in [0.15, 0.2) is 35.6 Å². The second-order valence-electron chi connectivity index (χ2n) is 8.54. The quantitative estimate of drug-likeness (QED) is 0.727. The zero-order valence-corrected chi connectivity index (χ0v) is 18.4. The van der Waals surface area contributed by atoms with Gasteiger partial charge in [-0.3, -0.25) is 24.0 Å². The Bertz CT molecular complexity index is 945. The normalized spacial score (nSPS) is 18.8. The summed E-state index contributed by atoms with van der Waals surface area (Å²) in [4.78, 5) is 37.7. The zero-order valence-electron chi connectivity index (χ0n) is 18.4. The van der Waals surface area contributed by atoms with Gasteiger partial charge in [0.15, 0.2) is 0 Å². The standard InChI is InChI=1S/C23H31N5O3/c1-17-18(2)25-16-28(23(17)30)15-22(29)27-11-5-19(6-12-27)26-13-7-21(8-14-26)31-20-3-9-24-10-4-20/h3-4,9-10,16,19,21H,5-8,11-15H2,1-2H3. The second kappa shape index (κ2) is 9.60. The maximum Gasteiger partial charge on any atom is 0.256 e. The van der Waals surface area contributed by atoms with Crippen LogP contribution in [0.2, 0.25) is 0 Å². The van der Waals surface area contributed by atoms with Gasteiger partial charge < -0.3 is 9.64 Å². The second-order valence-corrected chi connectivity index (χ2v) is 8.54. The smallest absolute Gasteiger partial charge is 0.256 e. The first-order chi connectivity index (χ1) is 15.0. The van der Waals surface area contributed by atoms with Crippen molar-refractivity contribution in [3.05, 3.63) is 52.5 Å². The topological polar surface area (TPSA) is 80.6 Å². The van der Waals surface area contributed by atoms with Crippen molar-refractivity contribution >= 4 is 5.91 Å². The molecule has 31 heavy (non-hydrogen) atoms. The van der Waals surface area contributed by atoms with E-state index in [1.54, 1.807) is 19.3 Å². The van der Waals surface area contributed by atoms with Gasteiger partial charge in [-0.05, 0) is 51.7 Å². The van der Waals surface area contributed by atoms with Crippen LogP contribution in [0, 0.1) is 13.8 Å². The summed E-state index contributed by atoms with van der Waals surface area (Å²) in [6, 6.07) is 4.32. The molecule has 2 aliphatic heterocycles. The summed E-state index contributed by atoms with van der Waals surface area (Å²) in [7, 11) is 0. The highest BCUT2D eigenvalue weighted by atomic mass is 16.5. The fourth-order valence-corrected chi connectivity index (χ4v) is 4.48.